The van der Waals surface area contributed by atoms with Crippen LogP contribution in [-0.4, -0.2) is 43.0 Å². The summed E-state index contributed by atoms with van der Waals surface area (Å²) in [5.41, 5.74) is 2.37. The fourth-order valence-electron chi connectivity index (χ4n) is 3.19. The van der Waals surface area contributed by atoms with Gasteiger partial charge in [0, 0.05) is 23.8 Å². The van der Waals surface area contributed by atoms with Crippen molar-refractivity contribution in [2.75, 3.05) is 25.1 Å². The number of ether oxygens (including phenoxy) is 1. The molecule has 0 spiro atoms. The number of hydrogen-bond donors (Lipinski definition) is 0. The van der Waals surface area contributed by atoms with E-state index in [1.165, 1.54) is 7.11 Å². The summed E-state index contributed by atoms with van der Waals surface area (Å²) in [6, 6.07) is 12.6. The van der Waals surface area contributed by atoms with E-state index in [1.807, 2.05) is 38.1 Å². The first-order chi connectivity index (χ1) is 12.4. The van der Waals surface area contributed by atoms with Crippen LogP contribution in [0.1, 0.15) is 22.8 Å². The Morgan fingerprint density at radius 3 is 2.62 bits per heavy atom. The zero-order valence-corrected chi connectivity index (χ0v) is 15.8. The molecule has 0 N–H and O–H groups in total. The van der Waals surface area contributed by atoms with Gasteiger partial charge >= 0.3 is 0 Å². The van der Waals surface area contributed by atoms with Crippen molar-refractivity contribution in [3.05, 3.63) is 58.6 Å². The van der Waals surface area contributed by atoms with Crippen molar-refractivity contribution in [2.24, 2.45) is 0 Å². The Morgan fingerprint density at radius 2 is 1.96 bits per heavy atom. The summed E-state index contributed by atoms with van der Waals surface area (Å²) >= 11 is 6.13. The highest BCUT2D eigenvalue weighted by atomic mass is 35.5. The fourth-order valence-corrected chi connectivity index (χ4v) is 3.45. The molecule has 1 atom stereocenters. The van der Waals surface area contributed by atoms with Gasteiger partial charge in [0.2, 0.25) is 5.91 Å². The van der Waals surface area contributed by atoms with E-state index in [0.717, 1.165) is 11.3 Å². The molecule has 2 amide bonds. The largest absolute Gasteiger partial charge is 0.495 e. The zero-order valence-electron chi connectivity index (χ0n) is 15.0. The molecule has 26 heavy (non-hydrogen) atoms. The lowest BCUT2D eigenvalue weighted by atomic mass is 10.1. The summed E-state index contributed by atoms with van der Waals surface area (Å²) in [6.45, 7) is 4.42. The smallest absolute Gasteiger partial charge is 0.254 e. The van der Waals surface area contributed by atoms with E-state index in [1.54, 1.807) is 28.0 Å². The molecule has 1 aliphatic heterocycles. The van der Waals surface area contributed by atoms with E-state index < -0.39 is 0 Å². The van der Waals surface area contributed by atoms with Gasteiger partial charge in [-0.2, -0.15) is 0 Å². The Morgan fingerprint density at radius 1 is 1.23 bits per heavy atom. The first-order valence-corrected chi connectivity index (χ1v) is 8.80. The monoisotopic (exact) mass is 372 g/mol. The molecule has 0 saturated carbocycles. The minimum Gasteiger partial charge on any atom is -0.495 e. The van der Waals surface area contributed by atoms with Crippen LogP contribution in [0.3, 0.4) is 0 Å². The van der Waals surface area contributed by atoms with E-state index in [9.17, 15) is 9.59 Å². The van der Waals surface area contributed by atoms with Gasteiger partial charge in [0.25, 0.3) is 5.91 Å². The van der Waals surface area contributed by atoms with Crippen molar-refractivity contribution in [3.8, 4) is 5.75 Å². The number of carbonyl (C=O) groups excluding carboxylic acids is 2. The molecule has 2 aromatic rings. The van der Waals surface area contributed by atoms with Crippen LogP contribution in [0.2, 0.25) is 5.02 Å². The zero-order chi connectivity index (χ0) is 18.8. The van der Waals surface area contributed by atoms with Gasteiger partial charge in [-0.3, -0.25) is 9.59 Å². The Kier molecular flexibility index (Phi) is 5.18. The number of halogens is 1. The van der Waals surface area contributed by atoms with Crippen LogP contribution >= 0.6 is 11.6 Å². The molecule has 5 nitrogen and oxygen atoms in total. The molecule has 1 aliphatic rings. The maximum Gasteiger partial charge on any atom is 0.254 e. The average molecular weight is 373 g/mol. The van der Waals surface area contributed by atoms with E-state index >= 15 is 0 Å². The van der Waals surface area contributed by atoms with Crippen LogP contribution < -0.4 is 9.64 Å². The molecule has 0 aromatic heterocycles. The molecule has 1 fully saturated rings. The molecule has 0 radical (unpaired) electrons. The second kappa shape index (κ2) is 7.38. The molecular formula is C20H21ClN2O3. The van der Waals surface area contributed by atoms with Crippen LogP contribution in [0.15, 0.2) is 42.5 Å². The second-order valence-electron chi connectivity index (χ2n) is 6.42. The normalized spacial score (nSPS) is 17.4. The van der Waals surface area contributed by atoms with Crippen LogP contribution in [0, 0.1) is 6.92 Å². The third kappa shape index (κ3) is 3.40. The standard InChI is InChI=1S/C20H21ClN2O3/c1-13-6-4-5-7-17(13)23-11-14(2)22(12-19(23)24)20(25)15-8-9-18(26-3)16(21)10-15/h4-10,14H,11-12H2,1-3H3/t14-/m0/s1. The van der Waals surface area contributed by atoms with Crippen molar-refractivity contribution in [1.82, 2.24) is 4.90 Å². The van der Waals surface area contributed by atoms with Crippen molar-refractivity contribution in [3.63, 3.8) is 0 Å². The van der Waals surface area contributed by atoms with Gasteiger partial charge in [-0.25, -0.2) is 0 Å². The number of hydrogen-bond acceptors (Lipinski definition) is 3. The summed E-state index contributed by atoms with van der Waals surface area (Å²) in [5.74, 6) is 0.210. The molecule has 2 aromatic carbocycles. The summed E-state index contributed by atoms with van der Waals surface area (Å²) in [6.07, 6.45) is 0. The van der Waals surface area contributed by atoms with Gasteiger partial charge in [0.1, 0.15) is 12.3 Å². The summed E-state index contributed by atoms with van der Waals surface area (Å²) in [4.78, 5) is 28.9. The number of amides is 2. The number of aryl methyl sites for hydroxylation is 1. The molecule has 136 valence electrons. The topological polar surface area (TPSA) is 49.9 Å². The van der Waals surface area contributed by atoms with Crippen molar-refractivity contribution >= 4 is 29.1 Å². The number of nitrogens with zero attached hydrogens (tertiary/aromatic N) is 2. The summed E-state index contributed by atoms with van der Waals surface area (Å²) in [5, 5.41) is 0.371. The van der Waals surface area contributed by atoms with E-state index in [0.29, 0.717) is 22.9 Å². The van der Waals surface area contributed by atoms with E-state index in [2.05, 4.69) is 0 Å². The lowest BCUT2D eigenvalue weighted by Gasteiger charge is -2.40. The highest BCUT2D eigenvalue weighted by molar-refractivity contribution is 6.32. The highest BCUT2D eigenvalue weighted by Crippen LogP contribution is 2.28. The fraction of sp³-hybridized carbons (Fsp3) is 0.300. The number of anilines is 1. The van der Waals surface area contributed by atoms with Crippen molar-refractivity contribution in [1.29, 1.82) is 0 Å². The predicted molar refractivity (Wildman–Crippen MR) is 102 cm³/mol. The van der Waals surface area contributed by atoms with Crippen LogP contribution in [0.4, 0.5) is 5.69 Å². The minimum atomic E-state index is -0.208. The molecule has 1 heterocycles. The number of methoxy groups -OCH3 is 1. The quantitative estimate of drug-likeness (QED) is 0.828. The molecule has 6 heteroatoms. The van der Waals surface area contributed by atoms with Crippen LogP contribution in [0.25, 0.3) is 0 Å². The van der Waals surface area contributed by atoms with Gasteiger partial charge in [-0.05, 0) is 43.7 Å². The number of carbonyl (C=O) groups is 2. The third-order valence-electron chi connectivity index (χ3n) is 4.65. The van der Waals surface area contributed by atoms with Gasteiger partial charge < -0.3 is 14.5 Å². The lowest BCUT2D eigenvalue weighted by molar-refractivity contribution is -0.121. The molecule has 3 rings (SSSR count). The molecular weight excluding hydrogens is 352 g/mol. The maximum atomic E-state index is 12.9. The first-order valence-electron chi connectivity index (χ1n) is 8.43. The van der Waals surface area contributed by atoms with Crippen molar-refractivity contribution < 1.29 is 14.3 Å². The van der Waals surface area contributed by atoms with Crippen LogP contribution in [0.5, 0.6) is 5.75 Å². The number of benzene rings is 2. The Balaban J connectivity index is 1.81. The lowest BCUT2D eigenvalue weighted by Crippen LogP contribution is -2.57. The first kappa shape index (κ1) is 18.3. The Labute approximate surface area is 158 Å². The molecule has 0 bridgehead atoms. The average Bonchev–Trinajstić information content (AvgIpc) is 2.63. The van der Waals surface area contributed by atoms with Crippen molar-refractivity contribution in [2.45, 2.75) is 19.9 Å². The summed E-state index contributed by atoms with van der Waals surface area (Å²) in [7, 11) is 1.52. The van der Waals surface area contributed by atoms with E-state index in [4.69, 9.17) is 16.3 Å². The second-order valence-corrected chi connectivity index (χ2v) is 6.83. The van der Waals surface area contributed by atoms with E-state index in [-0.39, 0.29) is 24.4 Å². The minimum absolute atomic E-state index is 0.0397. The van der Waals surface area contributed by atoms with Gasteiger partial charge in [-0.1, -0.05) is 29.8 Å². The third-order valence-corrected chi connectivity index (χ3v) is 4.95. The highest BCUT2D eigenvalue weighted by Gasteiger charge is 2.34. The maximum absolute atomic E-state index is 12.9. The summed E-state index contributed by atoms with van der Waals surface area (Å²) < 4.78 is 5.12. The SMILES string of the molecule is COc1ccc(C(=O)N2CC(=O)N(c3ccccc3C)C[C@@H]2C)cc1Cl. The number of rotatable bonds is 3. The molecule has 0 aliphatic carbocycles. The Bertz CT molecular complexity index is 853. The Hall–Kier alpha value is -2.53. The number of para-hydroxylation sites is 1. The van der Waals surface area contributed by atoms with Gasteiger partial charge in [-0.15, -0.1) is 0 Å². The van der Waals surface area contributed by atoms with Gasteiger partial charge in [0.05, 0.1) is 12.1 Å². The molecule has 1 saturated heterocycles. The predicted octanol–water partition coefficient (Wildman–Crippen LogP) is 3.53. The van der Waals surface area contributed by atoms with Gasteiger partial charge in [0.15, 0.2) is 0 Å². The van der Waals surface area contributed by atoms with Crippen LogP contribution in [-0.2, 0) is 4.79 Å². The number of piperazine rings is 1. The molecule has 0 unspecified atom stereocenters.